The number of carbonyl (C=O) groups is 1. The molecule has 26 heavy (non-hydrogen) atoms. The van der Waals surface area contributed by atoms with E-state index in [0.29, 0.717) is 17.0 Å². The molecular formula is C18H13ClFN3O3. The summed E-state index contributed by atoms with van der Waals surface area (Å²) >= 11 is 5.68. The van der Waals surface area contributed by atoms with E-state index in [0.717, 1.165) is 0 Å². The van der Waals surface area contributed by atoms with Gasteiger partial charge in [0.1, 0.15) is 18.1 Å². The molecule has 0 N–H and O–H groups in total. The average Bonchev–Trinajstić information content (AvgIpc) is 3.10. The number of para-hydroxylation sites is 2. The second kappa shape index (κ2) is 6.42. The first kappa shape index (κ1) is 16.5. The smallest absolute Gasteiger partial charge is 0.268 e. The van der Waals surface area contributed by atoms with Gasteiger partial charge in [0, 0.05) is 5.56 Å². The number of anilines is 1. The van der Waals surface area contributed by atoms with Crippen LogP contribution in [0.3, 0.4) is 0 Å². The first-order chi connectivity index (χ1) is 12.5. The van der Waals surface area contributed by atoms with Crippen molar-refractivity contribution >= 4 is 23.2 Å². The van der Waals surface area contributed by atoms with Crippen molar-refractivity contribution in [3.05, 3.63) is 59.2 Å². The van der Waals surface area contributed by atoms with Gasteiger partial charge in [-0.3, -0.25) is 9.69 Å². The van der Waals surface area contributed by atoms with E-state index < -0.39 is 11.9 Å². The number of nitrogens with zero attached hydrogens (tertiary/aromatic N) is 3. The lowest BCUT2D eigenvalue weighted by Crippen LogP contribution is -2.44. The van der Waals surface area contributed by atoms with Gasteiger partial charge in [0.25, 0.3) is 5.91 Å². The van der Waals surface area contributed by atoms with Gasteiger partial charge in [0.05, 0.1) is 10.7 Å². The quantitative estimate of drug-likeness (QED) is 0.697. The summed E-state index contributed by atoms with van der Waals surface area (Å²) in [4.78, 5) is 18.3. The number of amides is 1. The van der Waals surface area contributed by atoms with Crippen molar-refractivity contribution in [1.82, 2.24) is 10.1 Å². The molecule has 0 saturated carbocycles. The predicted molar refractivity (Wildman–Crippen MR) is 92.4 cm³/mol. The number of benzene rings is 2. The summed E-state index contributed by atoms with van der Waals surface area (Å²) in [6.45, 7) is 1.77. The standard InChI is InChI=1S/C18H13ClFN3O3/c1-10-18(24)23(14-4-2-3-5-15(14)25-10)9-16-21-17(22-26-16)11-6-7-12(19)13(20)8-11/h2-8,10H,9H2,1H3. The number of halogens is 2. The Kier molecular flexibility index (Phi) is 4.08. The Bertz CT molecular complexity index is 991. The first-order valence-electron chi connectivity index (χ1n) is 7.88. The highest BCUT2D eigenvalue weighted by Gasteiger charge is 2.32. The van der Waals surface area contributed by atoms with Crippen LogP contribution in [0.2, 0.25) is 5.02 Å². The second-order valence-electron chi connectivity index (χ2n) is 5.79. The summed E-state index contributed by atoms with van der Waals surface area (Å²) in [7, 11) is 0. The van der Waals surface area contributed by atoms with Crippen LogP contribution in [-0.2, 0) is 11.3 Å². The molecule has 2 heterocycles. The molecule has 1 unspecified atom stereocenters. The van der Waals surface area contributed by atoms with Gasteiger partial charge in [-0.25, -0.2) is 4.39 Å². The molecule has 2 aromatic carbocycles. The average molecular weight is 374 g/mol. The molecule has 1 atom stereocenters. The third-order valence-electron chi connectivity index (χ3n) is 4.01. The zero-order valence-electron chi connectivity index (χ0n) is 13.6. The minimum atomic E-state index is -0.613. The molecule has 3 aromatic rings. The molecule has 132 valence electrons. The number of rotatable bonds is 3. The van der Waals surface area contributed by atoms with Crippen LogP contribution in [-0.4, -0.2) is 22.2 Å². The number of hydrogen-bond donors (Lipinski definition) is 0. The first-order valence-corrected chi connectivity index (χ1v) is 8.26. The minimum absolute atomic E-state index is 0.0157. The van der Waals surface area contributed by atoms with E-state index >= 15 is 0 Å². The summed E-state index contributed by atoms with van der Waals surface area (Å²) in [6, 6.07) is 11.5. The van der Waals surface area contributed by atoms with Gasteiger partial charge >= 0.3 is 0 Å². The summed E-state index contributed by atoms with van der Waals surface area (Å²) in [6.07, 6.45) is -0.613. The number of carbonyl (C=O) groups excluding carboxylic acids is 1. The fourth-order valence-electron chi connectivity index (χ4n) is 2.73. The molecule has 1 aliphatic heterocycles. The summed E-state index contributed by atoms with van der Waals surface area (Å²) in [5, 5.41) is 3.87. The molecular weight excluding hydrogens is 361 g/mol. The molecule has 0 bridgehead atoms. The Morgan fingerprint density at radius 2 is 2.08 bits per heavy atom. The summed E-state index contributed by atoms with van der Waals surface area (Å²) < 4.78 is 24.5. The minimum Gasteiger partial charge on any atom is -0.479 e. The van der Waals surface area contributed by atoms with Crippen LogP contribution in [0.5, 0.6) is 5.75 Å². The lowest BCUT2D eigenvalue weighted by atomic mass is 10.2. The number of ether oxygens (including phenoxy) is 1. The number of aromatic nitrogens is 2. The van der Waals surface area contributed by atoms with Gasteiger partial charge in [0.2, 0.25) is 11.7 Å². The zero-order valence-corrected chi connectivity index (χ0v) is 14.4. The van der Waals surface area contributed by atoms with Gasteiger partial charge in [-0.2, -0.15) is 4.98 Å². The zero-order chi connectivity index (χ0) is 18.3. The molecule has 1 aliphatic rings. The Morgan fingerprint density at radius 3 is 2.88 bits per heavy atom. The molecule has 0 saturated heterocycles. The SMILES string of the molecule is CC1Oc2ccccc2N(Cc2nc(-c3ccc(Cl)c(F)c3)no2)C1=O. The number of fused-ring (bicyclic) bond motifs is 1. The molecule has 0 fully saturated rings. The van der Waals surface area contributed by atoms with E-state index in [1.807, 2.05) is 12.1 Å². The van der Waals surface area contributed by atoms with Crippen LogP contribution in [0, 0.1) is 5.82 Å². The third kappa shape index (κ3) is 2.90. The van der Waals surface area contributed by atoms with Crippen molar-refractivity contribution in [2.45, 2.75) is 19.6 Å². The van der Waals surface area contributed by atoms with Crippen LogP contribution < -0.4 is 9.64 Å². The second-order valence-corrected chi connectivity index (χ2v) is 6.20. The van der Waals surface area contributed by atoms with Gasteiger partial charge in [-0.05, 0) is 37.3 Å². The Balaban J connectivity index is 1.63. The Morgan fingerprint density at radius 1 is 1.27 bits per heavy atom. The monoisotopic (exact) mass is 373 g/mol. The summed E-state index contributed by atoms with van der Waals surface area (Å²) in [5.74, 6) is 0.284. The van der Waals surface area contributed by atoms with E-state index in [4.69, 9.17) is 20.9 Å². The van der Waals surface area contributed by atoms with Crippen LogP contribution in [0.15, 0.2) is 47.0 Å². The third-order valence-corrected chi connectivity index (χ3v) is 4.32. The highest BCUT2D eigenvalue weighted by atomic mass is 35.5. The van der Waals surface area contributed by atoms with Crippen LogP contribution in [0.1, 0.15) is 12.8 Å². The van der Waals surface area contributed by atoms with Crippen molar-refractivity contribution in [2.24, 2.45) is 0 Å². The number of hydrogen-bond acceptors (Lipinski definition) is 5. The highest BCUT2D eigenvalue weighted by molar-refractivity contribution is 6.30. The van der Waals surface area contributed by atoms with E-state index in [-0.39, 0.29) is 29.2 Å². The topological polar surface area (TPSA) is 68.5 Å². The normalized spacial score (nSPS) is 16.3. The van der Waals surface area contributed by atoms with E-state index in [1.165, 1.54) is 17.0 Å². The fraction of sp³-hybridized carbons (Fsp3) is 0.167. The van der Waals surface area contributed by atoms with Crippen LogP contribution in [0.4, 0.5) is 10.1 Å². The summed E-state index contributed by atoms with van der Waals surface area (Å²) in [5.41, 5.74) is 1.07. The maximum absolute atomic E-state index is 13.6. The highest BCUT2D eigenvalue weighted by Crippen LogP contribution is 2.34. The van der Waals surface area contributed by atoms with Crippen molar-refractivity contribution < 1.29 is 18.4 Å². The Hall–Kier alpha value is -2.93. The molecule has 1 amide bonds. The largest absolute Gasteiger partial charge is 0.479 e. The van der Waals surface area contributed by atoms with E-state index in [9.17, 15) is 9.18 Å². The predicted octanol–water partition coefficient (Wildman–Crippen LogP) is 3.84. The molecule has 8 heteroatoms. The molecule has 0 spiro atoms. The van der Waals surface area contributed by atoms with Crippen molar-refractivity contribution in [3.63, 3.8) is 0 Å². The lowest BCUT2D eigenvalue weighted by Gasteiger charge is -2.31. The van der Waals surface area contributed by atoms with Crippen LogP contribution >= 0.6 is 11.6 Å². The molecule has 0 radical (unpaired) electrons. The van der Waals surface area contributed by atoms with Gasteiger partial charge in [-0.1, -0.05) is 28.9 Å². The van der Waals surface area contributed by atoms with Crippen LogP contribution in [0.25, 0.3) is 11.4 Å². The molecule has 6 nitrogen and oxygen atoms in total. The maximum atomic E-state index is 13.6. The Labute approximate surface area is 153 Å². The van der Waals surface area contributed by atoms with Crippen molar-refractivity contribution in [3.8, 4) is 17.1 Å². The van der Waals surface area contributed by atoms with Crippen molar-refractivity contribution in [1.29, 1.82) is 0 Å². The molecule has 1 aromatic heterocycles. The molecule has 4 rings (SSSR count). The molecule has 0 aliphatic carbocycles. The van der Waals surface area contributed by atoms with Crippen molar-refractivity contribution in [2.75, 3.05) is 4.90 Å². The van der Waals surface area contributed by atoms with Gasteiger partial charge < -0.3 is 9.26 Å². The van der Waals surface area contributed by atoms with E-state index in [2.05, 4.69) is 10.1 Å². The van der Waals surface area contributed by atoms with Gasteiger partial charge in [0.15, 0.2) is 6.10 Å². The fourth-order valence-corrected chi connectivity index (χ4v) is 2.85. The maximum Gasteiger partial charge on any atom is 0.268 e. The van der Waals surface area contributed by atoms with E-state index in [1.54, 1.807) is 25.1 Å². The van der Waals surface area contributed by atoms with Gasteiger partial charge in [-0.15, -0.1) is 0 Å². The lowest BCUT2D eigenvalue weighted by molar-refractivity contribution is -0.125.